The molecule has 1 aliphatic heterocycles. The number of nitrogens with one attached hydrogen (secondary N) is 1. The monoisotopic (exact) mass is 386 g/mol. The summed E-state index contributed by atoms with van der Waals surface area (Å²) < 4.78 is 5.82. The van der Waals surface area contributed by atoms with Gasteiger partial charge in [-0.05, 0) is 60.7 Å². The lowest BCUT2D eigenvalue weighted by molar-refractivity contribution is 0.256. The number of hydrogen-bond acceptors (Lipinski definition) is 2. The Morgan fingerprint density at radius 2 is 1.62 bits per heavy atom. The first-order valence-electron chi connectivity index (χ1n) is 10.2. The van der Waals surface area contributed by atoms with Crippen molar-refractivity contribution in [1.29, 1.82) is 0 Å². The van der Waals surface area contributed by atoms with E-state index in [0.717, 1.165) is 48.5 Å². The third kappa shape index (κ3) is 4.96. The third-order valence-electron chi connectivity index (χ3n) is 5.21. The molecule has 0 fully saturated rings. The van der Waals surface area contributed by atoms with Crippen LogP contribution in [0.3, 0.4) is 0 Å². The van der Waals surface area contributed by atoms with Crippen LogP contribution in [0.1, 0.15) is 30.4 Å². The second kappa shape index (κ2) is 9.28. The Morgan fingerprint density at radius 1 is 0.862 bits per heavy atom. The van der Waals surface area contributed by atoms with Gasteiger partial charge in [-0.15, -0.1) is 0 Å². The molecule has 2 amide bonds. The van der Waals surface area contributed by atoms with Crippen molar-refractivity contribution in [3.63, 3.8) is 0 Å². The van der Waals surface area contributed by atoms with Gasteiger partial charge in [0.1, 0.15) is 12.4 Å². The Labute approximate surface area is 172 Å². The number of carbonyl (C=O) groups excluding carboxylic acids is 1. The summed E-state index contributed by atoms with van der Waals surface area (Å²) in [6.07, 6.45) is 4.36. The minimum Gasteiger partial charge on any atom is -0.489 e. The molecule has 0 atom stereocenters. The molecule has 0 bridgehead atoms. The zero-order valence-electron chi connectivity index (χ0n) is 16.5. The van der Waals surface area contributed by atoms with Gasteiger partial charge in [0.25, 0.3) is 0 Å². The number of hydrogen-bond donors (Lipinski definition) is 1. The van der Waals surface area contributed by atoms with Crippen LogP contribution in [0.15, 0.2) is 78.9 Å². The Balaban J connectivity index is 1.40. The number of aryl methyl sites for hydroxylation is 1. The fraction of sp³-hybridized carbons (Fsp3) is 0.240. The van der Waals surface area contributed by atoms with Gasteiger partial charge in [-0.3, -0.25) is 4.90 Å². The molecular weight excluding hydrogens is 360 g/mol. The van der Waals surface area contributed by atoms with E-state index < -0.39 is 0 Å². The lowest BCUT2D eigenvalue weighted by Crippen LogP contribution is -2.37. The van der Waals surface area contributed by atoms with E-state index in [1.165, 1.54) is 12.0 Å². The summed E-state index contributed by atoms with van der Waals surface area (Å²) in [5.41, 5.74) is 4.15. The van der Waals surface area contributed by atoms with Crippen LogP contribution in [0.5, 0.6) is 5.75 Å². The molecule has 0 aliphatic carbocycles. The topological polar surface area (TPSA) is 41.6 Å². The summed E-state index contributed by atoms with van der Waals surface area (Å²) in [7, 11) is 0. The Bertz CT molecular complexity index is 939. The van der Waals surface area contributed by atoms with E-state index >= 15 is 0 Å². The Kier molecular flexibility index (Phi) is 6.10. The molecule has 1 aliphatic rings. The number of carbonyl (C=O) groups is 1. The number of para-hydroxylation sites is 1. The van der Waals surface area contributed by atoms with Crippen LogP contribution in [-0.4, -0.2) is 12.6 Å². The highest BCUT2D eigenvalue weighted by Crippen LogP contribution is 2.26. The predicted octanol–water partition coefficient (Wildman–Crippen LogP) is 6.03. The van der Waals surface area contributed by atoms with Gasteiger partial charge in [-0.2, -0.15) is 0 Å². The van der Waals surface area contributed by atoms with Crippen LogP contribution in [0, 0.1) is 0 Å². The van der Waals surface area contributed by atoms with Crippen LogP contribution >= 0.6 is 0 Å². The molecule has 0 saturated carbocycles. The zero-order valence-corrected chi connectivity index (χ0v) is 16.5. The molecule has 29 heavy (non-hydrogen) atoms. The average molecular weight is 386 g/mol. The molecule has 3 aromatic carbocycles. The van der Waals surface area contributed by atoms with E-state index in [2.05, 4.69) is 11.4 Å². The van der Waals surface area contributed by atoms with Gasteiger partial charge in [0.05, 0.1) is 0 Å². The summed E-state index contributed by atoms with van der Waals surface area (Å²) in [6, 6.07) is 25.7. The fourth-order valence-corrected chi connectivity index (χ4v) is 3.65. The van der Waals surface area contributed by atoms with Gasteiger partial charge in [-0.1, -0.05) is 55.0 Å². The zero-order chi connectivity index (χ0) is 19.9. The molecule has 148 valence electrons. The maximum Gasteiger partial charge on any atom is 0.326 e. The molecule has 0 radical (unpaired) electrons. The molecule has 0 aromatic heterocycles. The van der Waals surface area contributed by atoms with Crippen LogP contribution in [0.25, 0.3) is 0 Å². The van der Waals surface area contributed by atoms with Gasteiger partial charge >= 0.3 is 6.03 Å². The maximum atomic E-state index is 13.0. The first-order chi connectivity index (χ1) is 14.3. The van der Waals surface area contributed by atoms with Crippen molar-refractivity contribution in [1.82, 2.24) is 0 Å². The summed E-state index contributed by atoms with van der Waals surface area (Å²) in [6.45, 7) is 1.26. The highest BCUT2D eigenvalue weighted by Gasteiger charge is 2.20. The SMILES string of the molecule is O=C(Nc1ccc(OCc2ccccc2)cc1)N1CCCCCc2ccccc21. The molecule has 4 nitrogen and oxygen atoms in total. The van der Waals surface area contributed by atoms with E-state index in [0.29, 0.717) is 6.61 Å². The normalized spacial score (nSPS) is 13.7. The number of benzene rings is 3. The van der Waals surface area contributed by atoms with Crippen molar-refractivity contribution < 1.29 is 9.53 Å². The number of anilines is 2. The molecule has 0 saturated heterocycles. The fourth-order valence-electron chi connectivity index (χ4n) is 3.65. The number of urea groups is 1. The molecule has 1 heterocycles. The van der Waals surface area contributed by atoms with Gasteiger partial charge in [0.2, 0.25) is 0 Å². The van der Waals surface area contributed by atoms with Gasteiger partial charge in [-0.25, -0.2) is 4.79 Å². The molecule has 0 unspecified atom stereocenters. The minimum absolute atomic E-state index is 0.0858. The Morgan fingerprint density at radius 3 is 2.45 bits per heavy atom. The molecular formula is C25H26N2O2. The van der Waals surface area contributed by atoms with Crippen molar-refractivity contribution >= 4 is 17.4 Å². The minimum atomic E-state index is -0.0858. The number of fused-ring (bicyclic) bond motifs is 1. The maximum absolute atomic E-state index is 13.0. The highest BCUT2D eigenvalue weighted by atomic mass is 16.5. The number of nitrogens with zero attached hydrogens (tertiary/aromatic N) is 1. The summed E-state index contributed by atoms with van der Waals surface area (Å²) >= 11 is 0. The molecule has 4 rings (SSSR count). The van der Waals surface area contributed by atoms with E-state index in [1.807, 2.05) is 77.7 Å². The van der Waals surface area contributed by atoms with Crippen molar-refractivity contribution in [2.24, 2.45) is 0 Å². The van der Waals surface area contributed by atoms with Crippen molar-refractivity contribution in [2.45, 2.75) is 32.3 Å². The smallest absolute Gasteiger partial charge is 0.326 e. The highest BCUT2D eigenvalue weighted by molar-refractivity contribution is 6.02. The standard InChI is InChI=1S/C25H26N2O2/c28-25(27-18-8-2-5-11-21-12-6-7-13-24(21)27)26-22-14-16-23(17-15-22)29-19-20-9-3-1-4-10-20/h1,3-4,6-7,9-10,12-17H,2,5,8,11,18-19H2,(H,26,28). The lowest BCUT2D eigenvalue weighted by atomic mass is 10.0. The number of rotatable bonds is 4. The largest absolute Gasteiger partial charge is 0.489 e. The molecule has 1 N–H and O–H groups in total. The second-order valence-electron chi connectivity index (χ2n) is 7.32. The van der Waals surface area contributed by atoms with E-state index in [1.54, 1.807) is 0 Å². The number of amides is 2. The van der Waals surface area contributed by atoms with Crippen LogP contribution in [-0.2, 0) is 13.0 Å². The van der Waals surface area contributed by atoms with Crippen molar-refractivity contribution in [2.75, 3.05) is 16.8 Å². The van der Waals surface area contributed by atoms with Gasteiger partial charge in [0.15, 0.2) is 0 Å². The molecule has 0 spiro atoms. The van der Waals surface area contributed by atoms with E-state index in [4.69, 9.17) is 4.74 Å². The molecule has 3 aromatic rings. The van der Waals surface area contributed by atoms with Crippen LogP contribution in [0.4, 0.5) is 16.2 Å². The summed E-state index contributed by atoms with van der Waals surface area (Å²) in [4.78, 5) is 14.8. The van der Waals surface area contributed by atoms with Crippen LogP contribution < -0.4 is 15.0 Å². The summed E-state index contributed by atoms with van der Waals surface area (Å²) in [5.74, 6) is 0.781. The lowest BCUT2D eigenvalue weighted by Gasteiger charge is -2.27. The predicted molar refractivity (Wildman–Crippen MR) is 118 cm³/mol. The van der Waals surface area contributed by atoms with Crippen molar-refractivity contribution in [3.05, 3.63) is 90.0 Å². The van der Waals surface area contributed by atoms with Crippen LogP contribution in [0.2, 0.25) is 0 Å². The average Bonchev–Trinajstić information content (AvgIpc) is 2.74. The summed E-state index contributed by atoms with van der Waals surface area (Å²) in [5, 5.41) is 3.03. The number of ether oxygens (including phenoxy) is 1. The molecule has 4 heteroatoms. The second-order valence-corrected chi connectivity index (χ2v) is 7.32. The van der Waals surface area contributed by atoms with E-state index in [9.17, 15) is 4.79 Å². The van der Waals surface area contributed by atoms with Gasteiger partial charge < -0.3 is 10.1 Å². The third-order valence-corrected chi connectivity index (χ3v) is 5.21. The van der Waals surface area contributed by atoms with Crippen molar-refractivity contribution in [3.8, 4) is 5.75 Å². The van der Waals surface area contributed by atoms with E-state index in [-0.39, 0.29) is 6.03 Å². The quantitative estimate of drug-likeness (QED) is 0.595. The Hall–Kier alpha value is -3.27. The first kappa shape index (κ1) is 19.1. The first-order valence-corrected chi connectivity index (χ1v) is 10.2. The van der Waals surface area contributed by atoms with Gasteiger partial charge in [0, 0.05) is 17.9 Å².